The zero-order valence-corrected chi connectivity index (χ0v) is 13.1. The molecule has 1 amide bonds. The van der Waals surface area contributed by atoms with Crippen LogP contribution in [0.3, 0.4) is 0 Å². The van der Waals surface area contributed by atoms with Crippen LogP contribution in [-0.4, -0.2) is 25.7 Å². The van der Waals surface area contributed by atoms with Crippen molar-refractivity contribution in [3.8, 4) is 5.75 Å². The first-order valence-corrected chi connectivity index (χ1v) is 7.46. The number of carbonyl (C=O) groups is 1. The van der Waals surface area contributed by atoms with E-state index in [0.29, 0.717) is 19.8 Å². The third kappa shape index (κ3) is 4.90. The van der Waals surface area contributed by atoms with Gasteiger partial charge in [0.1, 0.15) is 5.75 Å². The maximum atomic E-state index is 12.1. The lowest BCUT2D eigenvalue weighted by molar-refractivity contribution is -0.132. The SMILES string of the molecule is C=Cc1ccc(C(OCC)C(=O)NCC)cc1OCCC. The van der Waals surface area contributed by atoms with E-state index in [0.717, 1.165) is 23.3 Å². The normalized spacial score (nSPS) is 11.8. The van der Waals surface area contributed by atoms with Crippen molar-refractivity contribution in [3.63, 3.8) is 0 Å². The minimum absolute atomic E-state index is 0.132. The number of nitrogens with one attached hydrogen (secondary N) is 1. The zero-order chi connectivity index (χ0) is 15.7. The van der Waals surface area contributed by atoms with E-state index in [1.165, 1.54) is 0 Å². The van der Waals surface area contributed by atoms with Gasteiger partial charge < -0.3 is 14.8 Å². The second-order valence-electron chi connectivity index (χ2n) is 4.58. The summed E-state index contributed by atoms with van der Waals surface area (Å²) in [7, 11) is 0. The Labute approximate surface area is 127 Å². The van der Waals surface area contributed by atoms with Crippen LogP contribution >= 0.6 is 0 Å². The average Bonchev–Trinajstić information content (AvgIpc) is 2.50. The summed E-state index contributed by atoms with van der Waals surface area (Å²) >= 11 is 0. The van der Waals surface area contributed by atoms with Gasteiger partial charge in [-0.2, -0.15) is 0 Å². The lowest BCUT2D eigenvalue weighted by Gasteiger charge is -2.18. The van der Waals surface area contributed by atoms with E-state index in [9.17, 15) is 4.79 Å². The van der Waals surface area contributed by atoms with E-state index in [1.807, 2.05) is 32.0 Å². The number of amides is 1. The molecule has 0 saturated carbocycles. The summed E-state index contributed by atoms with van der Waals surface area (Å²) in [4.78, 5) is 12.1. The van der Waals surface area contributed by atoms with Gasteiger partial charge in [0.2, 0.25) is 0 Å². The predicted molar refractivity (Wildman–Crippen MR) is 85.4 cm³/mol. The molecule has 0 fully saturated rings. The van der Waals surface area contributed by atoms with Gasteiger partial charge in [-0.15, -0.1) is 0 Å². The Bertz CT molecular complexity index is 471. The fourth-order valence-electron chi connectivity index (χ4n) is 1.98. The first-order chi connectivity index (χ1) is 10.2. The zero-order valence-electron chi connectivity index (χ0n) is 13.1. The number of ether oxygens (including phenoxy) is 2. The van der Waals surface area contributed by atoms with Crippen molar-refractivity contribution in [2.75, 3.05) is 19.8 Å². The van der Waals surface area contributed by atoms with Crippen molar-refractivity contribution in [1.82, 2.24) is 5.32 Å². The molecule has 0 aliphatic carbocycles. The second kappa shape index (κ2) is 9.19. The van der Waals surface area contributed by atoms with Crippen molar-refractivity contribution in [1.29, 1.82) is 0 Å². The third-order valence-electron chi connectivity index (χ3n) is 2.94. The molecule has 1 N–H and O–H groups in total. The molecular formula is C17H25NO3. The molecule has 0 heterocycles. The molecule has 0 aliphatic rings. The molecule has 1 atom stereocenters. The van der Waals surface area contributed by atoms with Gasteiger partial charge >= 0.3 is 0 Å². The average molecular weight is 291 g/mol. The van der Waals surface area contributed by atoms with Crippen LogP contribution in [0.25, 0.3) is 6.08 Å². The van der Waals surface area contributed by atoms with Crippen LogP contribution in [0.5, 0.6) is 5.75 Å². The molecule has 0 radical (unpaired) electrons. The van der Waals surface area contributed by atoms with Crippen molar-refractivity contribution in [2.24, 2.45) is 0 Å². The summed E-state index contributed by atoms with van der Waals surface area (Å²) in [6.07, 6.45) is 2.06. The number of rotatable bonds is 9. The molecule has 1 aromatic carbocycles. The standard InChI is InChI=1S/C17H25NO3/c1-5-11-21-15-12-14(10-9-13(15)6-2)16(20-8-4)17(19)18-7-3/h6,9-10,12,16H,2,5,7-8,11H2,1,3-4H3,(H,18,19). The summed E-state index contributed by atoms with van der Waals surface area (Å²) in [5.41, 5.74) is 1.71. The highest BCUT2D eigenvalue weighted by molar-refractivity contribution is 5.82. The molecule has 0 aliphatic heterocycles. The van der Waals surface area contributed by atoms with Gasteiger partial charge in [0, 0.05) is 18.7 Å². The number of likely N-dealkylation sites (N-methyl/N-ethyl adjacent to an activating group) is 1. The van der Waals surface area contributed by atoms with Crippen LogP contribution in [-0.2, 0) is 9.53 Å². The topological polar surface area (TPSA) is 47.6 Å². The smallest absolute Gasteiger partial charge is 0.253 e. The minimum atomic E-state index is -0.613. The van der Waals surface area contributed by atoms with Crippen LogP contribution in [0, 0.1) is 0 Å². The van der Waals surface area contributed by atoms with E-state index in [1.54, 1.807) is 6.08 Å². The fraction of sp³-hybridized carbons (Fsp3) is 0.471. The van der Waals surface area contributed by atoms with Crippen molar-refractivity contribution in [3.05, 3.63) is 35.9 Å². The summed E-state index contributed by atoms with van der Waals surface area (Å²) in [5.74, 6) is 0.602. The van der Waals surface area contributed by atoms with E-state index in [2.05, 4.69) is 18.8 Å². The molecule has 1 unspecified atom stereocenters. The third-order valence-corrected chi connectivity index (χ3v) is 2.94. The molecule has 0 bridgehead atoms. The maximum absolute atomic E-state index is 12.1. The van der Waals surface area contributed by atoms with E-state index in [4.69, 9.17) is 9.47 Å². The van der Waals surface area contributed by atoms with E-state index < -0.39 is 6.10 Å². The Balaban J connectivity index is 3.07. The van der Waals surface area contributed by atoms with Crippen molar-refractivity contribution >= 4 is 12.0 Å². The molecule has 0 aromatic heterocycles. The molecule has 0 spiro atoms. The quantitative estimate of drug-likeness (QED) is 0.759. The van der Waals surface area contributed by atoms with Gasteiger partial charge in [-0.05, 0) is 31.9 Å². The van der Waals surface area contributed by atoms with E-state index >= 15 is 0 Å². The highest BCUT2D eigenvalue weighted by Crippen LogP contribution is 2.27. The second-order valence-corrected chi connectivity index (χ2v) is 4.58. The summed E-state index contributed by atoms with van der Waals surface area (Å²) in [6, 6.07) is 5.65. The maximum Gasteiger partial charge on any atom is 0.253 e. The molecule has 0 saturated heterocycles. The number of benzene rings is 1. The van der Waals surface area contributed by atoms with Gasteiger partial charge in [-0.1, -0.05) is 31.7 Å². The summed E-state index contributed by atoms with van der Waals surface area (Å²) in [5, 5.41) is 2.80. The summed E-state index contributed by atoms with van der Waals surface area (Å²) < 4.78 is 11.3. The van der Waals surface area contributed by atoms with E-state index in [-0.39, 0.29) is 5.91 Å². The molecule has 1 aromatic rings. The highest BCUT2D eigenvalue weighted by atomic mass is 16.5. The molecule has 116 valence electrons. The van der Waals surface area contributed by atoms with Gasteiger partial charge in [-0.3, -0.25) is 4.79 Å². The molecule has 4 nitrogen and oxygen atoms in total. The van der Waals surface area contributed by atoms with Gasteiger partial charge in [0.25, 0.3) is 5.91 Å². The van der Waals surface area contributed by atoms with Crippen LogP contribution in [0.4, 0.5) is 0 Å². The van der Waals surface area contributed by atoms with Crippen LogP contribution in [0.15, 0.2) is 24.8 Å². The molecule has 4 heteroatoms. The Kier molecular flexibility index (Phi) is 7.54. The Morgan fingerprint density at radius 3 is 2.71 bits per heavy atom. The Morgan fingerprint density at radius 1 is 1.38 bits per heavy atom. The van der Waals surface area contributed by atoms with Crippen LogP contribution < -0.4 is 10.1 Å². The van der Waals surface area contributed by atoms with Crippen molar-refractivity contribution in [2.45, 2.75) is 33.3 Å². The largest absolute Gasteiger partial charge is 0.493 e. The van der Waals surface area contributed by atoms with Crippen LogP contribution in [0.2, 0.25) is 0 Å². The highest BCUT2D eigenvalue weighted by Gasteiger charge is 2.21. The van der Waals surface area contributed by atoms with Crippen LogP contribution in [0.1, 0.15) is 44.4 Å². The molecular weight excluding hydrogens is 266 g/mol. The molecule has 21 heavy (non-hydrogen) atoms. The Morgan fingerprint density at radius 2 is 2.14 bits per heavy atom. The van der Waals surface area contributed by atoms with Gasteiger partial charge in [-0.25, -0.2) is 0 Å². The summed E-state index contributed by atoms with van der Waals surface area (Å²) in [6.45, 7) is 11.3. The number of hydrogen-bond acceptors (Lipinski definition) is 3. The Hall–Kier alpha value is -1.81. The van der Waals surface area contributed by atoms with Gasteiger partial charge in [0.05, 0.1) is 6.61 Å². The predicted octanol–water partition coefficient (Wildman–Crippen LogP) is 3.33. The van der Waals surface area contributed by atoms with Crippen molar-refractivity contribution < 1.29 is 14.3 Å². The number of carbonyl (C=O) groups excluding carboxylic acids is 1. The van der Waals surface area contributed by atoms with Gasteiger partial charge in [0.15, 0.2) is 6.10 Å². The lowest BCUT2D eigenvalue weighted by Crippen LogP contribution is -2.30. The fourth-order valence-corrected chi connectivity index (χ4v) is 1.98. The monoisotopic (exact) mass is 291 g/mol. The lowest BCUT2D eigenvalue weighted by atomic mass is 10.0. The first kappa shape index (κ1) is 17.2. The first-order valence-electron chi connectivity index (χ1n) is 7.46. The number of hydrogen-bond donors (Lipinski definition) is 1. The molecule has 1 rings (SSSR count). The minimum Gasteiger partial charge on any atom is -0.493 e.